The molecule has 6 rings (SSSR count). The summed E-state index contributed by atoms with van der Waals surface area (Å²) < 4.78 is 46.0. The highest BCUT2D eigenvalue weighted by molar-refractivity contribution is 9.09. The predicted octanol–water partition coefficient (Wildman–Crippen LogP) is 5.62. The lowest BCUT2D eigenvalue weighted by Crippen LogP contribution is -2.60. The van der Waals surface area contributed by atoms with Gasteiger partial charge in [0.2, 0.25) is 0 Å². The number of allylic oxidation sites excluding steroid dienone is 2. The van der Waals surface area contributed by atoms with Crippen LogP contribution in [0.15, 0.2) is 42.0 Å². The zero-order valence-electron chi connectivity index (χ0n) is 24.5. The molecule has 1 N–H and O–H groups in total. The largest absolute Gasteiger partial charge is 0.504 e. The molecule has 2 aromatic rings. The maximum atomic E-state index is 14.2. The number of pyridine rings is 1. The van der Waals surface area contributed by atoms with Crippen LogP contribution >= 0.6 is 50.7 Å². The molecule has 1 aromatic heterocycles. The number of hydrogen-bond donors (Lipinski definition) is 1. The molecule has 4 aliphatic rings. The van der Waals surface area contributed by atoms with Crippen LogP contribution in [0.4, 0.5) is 19.0 Å². The molecule has 1 saturated carbocycles. The van der Waals surface area contributed by atoms with Crippen LogP contribution in [0.3, 0.4) is 0 Å². The number of hydrazine groups is 1. The molecular formula is C30H25BrCl3F3N4O6. The summed E-state index contributed by atoms with van der Waals surface area (Å²) >= 11 is 23.8. The summed E-state index contributed by atoms with van der Waals surface area (Å²) in [5, 5.41) is 11.8. The van der Waals surface area contributed by atoms with Crippen molar-refractivity contribution >= 4 is 80.2 Å². The predicted molar refractivity (Wildman–Crippen MR) is 167 cm³/mol. The molecule has 1 aromatic carbocycles. The normalized spacial score (nSPS) is 30.3. The highest BCUT2D eigenvalue weighted by Crippen LogP contribution is 2.65. The summed E-state index contributed by atoms with van der Waals surface area (Å²) in [6.07, 6.45) is -3.42. The number of rotatable bonds is 6. The van der Waals surface area contributed by atoms with Crippen molar-refractivity contribution in [2.75, 3.05) is 24.1 Å². The number of carbonyl (C=O) groups excluding carboxylic acids is 4. The van der Waals surface area contributed by atoms with Gasteiger partial charge in [-0.2, -0.15) is 18.2 Å². The fraction of sp³-hybridized carbons (Fsp3) is 0.433. The minimum Gasteiger partial charge on any atom is -0.504 e. The number of phenols is 1. The second-order valence-electron chi connectivity index (χ2n) is 11.7. The fourth-order valence-corrected chi connectivity index (χ4v) is 8.95. The number of aromatic nitrogens is 1. The minimum absolute atomic E-state index is 0.00855. The number of nitrogens with zero attached hydrogens (tertiary/aromatic N) is 4. The van der Waals surface area contributed by atoms with E-state index in [1.54, 1.807) is 13.0 Å². The second-order valence-corrected chi connectivity index (χ2v) is 13.8. The van der Waals surface area contributed by atoms with Crippen molar-refractivity contribution in [1.82, 2.24) is 14.9 Å². The molecule has 0 radical (unpaired) electrons. The van der Waals surface area contributed by atoms with Crippen LogP contribution in [0.1, 0.15) is 36.9 Å². The minimum atomic E-state index is -4.82. The Labute approximate surface area is 289 Å². The van der Waals surface area contributed by atoms with E-state index in [-0.39, 0.29) is 41.4 Å². The van der Waals surface area contributed by atoms with Crippen LogP contribution in [0.5, 0.6) is 11.5 Å². The Hall–Kier alpha value is -3.07. The summed E-state index contributed by atoms with van der Waals surface area (Å²) in [5.41, 5.74) is -0.646. The van der Waals surface area contributed by atoms with Gasteiger partial charge < -0.3 is 9.84 Å². The Bertz CT molecular complexity index is 1760. The van der Waals surface area contributed by atoms with Gasteiger partial charge in [-0.25, -0.2) is 4.98 Å². The number of imide groups is 2. The number of phenolic OH excluding ortho intramolecular Hbond substituents is 1. The molecule has 3 heterocycles. The third kappa shape index (κ3) is 4.76. The number of carbonyl (C=O) groups is 4. The topological polar surface area (TPSA) is 120 Å². The van der Waals surface area contributed by atoms with Gasteiger partial charge in [0.1, 0.15) is 5.69 Å². The number of anilines is 1. The molecule has 0 spiro atoms. The van der Waals surface area contributed by atoms with Crippen molar-refractivity contribution in [3.05, 3.63) is 58.3 Å². The fourth-order valence-electron chi connectivity index (χ4n) is 7.30. The molecule has 0 bridgehead atoms. The van der Waals surface area contributed by atoms with Crippen LogP contribution in [0.2, 0.25) is 5.02 Å². The van der Waals surface area contributed by atoms with E-state index in [1.165, 1.54) is 25.2 Å². The molecule has 2 aliphatic carbocycles. The van der Waals surface area contributed by atoms with E-state index in [1.807, 2.05) is 0 Å². The summed E-state index contributed by atoms with van der Waals surface area (Å²) in [5.74, 6) is -7.75. The molecule has 3 fully saturated rings. The van der Waals surface area contributed by atoms with Gasteiger partial charge in [0.15, 0.2) is 27.1 Å². The number of likely N-dealkylation sites (tertiary alicyclic amines) is 1. The van der Waals surface area contributed by atoms with Crippen molar-refractivity contribution in [2.45, 2.75) is 41.6 Å². The second kappa shape index (κ2) is 11.5. The third-order valence-corrected chi connectivity index (χ3v) is 11.5. The van der Waals surface area contributed by atoms with E-state index in [0.717, 1.165) is 16.0 Å². The number of alkyl halides is 6. The molecule has 6 atom stereocenters. The molecule has 250 valence electrons. The Kier molecular flexibility index (Phi) is 8.29. The van der Waals surface area contributed by atoms with Gasteiger partial charge in [-0.1, -0.05) is 45.2 Å². The lowest BCUT2D eigenvalue weighted by molar-refractivity contribution is -0.142. The number of halogens is 7. The quantitative estimate of drug-likeness (QED) is 0.174. The molecule has 2 saturated heterocycles. The van der Waals surface area contributed by atoms with E-state index in [4.69, 9.17) is 39.5 Å². The summed E-state index contributed by atoms with van der Waals surface area (Å²) in [4.78, 5) is 56.1. The van der Waals surface area contributed by atoms with Gasteiger partial charge in [-0.05, 0) is 55.5 Å². The number of aromatic hydroxyl groups is 1. The molecule has 2 aliphatic heterocycles. The van der Waals surface area contributed by atoms with Crippen molar-refractivity contribution in [1.29, 1.82) is 0 Å². The van der Waals surface area contributed by atoms with E-state index in [9.17, 15) is 37.5 Å². The zero-order valence-corrected chi connectivity index (χ0v) is 28.4. The van der Waals surface area contributed by atoms with Gasteiger partial charge >= 0.3 is 6.18 Å². The standard InChI is InChI=1S/C30H25BrCl3F3N4O6/c1-3-47-19-10-13(4-8-18(19)42)22-14-5-6-15-21(16(14)11-28(33)26(45)40(12-31)27(46)29(22,28)34)25(44)41(24(15)43)39(2)23-17(32)7-9-20(38-23)30(35,36)37/h4-5,7-10,15-16,21-22,42H,3,6,11-12H2,1-2H3. The van der Waals surface area contributed by atoms with Crippen LogP contribution in [0, 0.1) is 17.8 Å². The molecule has 6 unspecified atom stereocenters. The average molecular weight is 781 g/mol. The third-order valence-electron chi connectivity index (χ3n) is 9.33. The molecule has 47 heavy (non-hydrogen) atoms. The van der Waals surface area contributed by atoms with E-state index in [0.29, 0.717) is 22.2 Å². The van der Waals surface area contributed by atoms with Gasteiger partial charge in [0, 0.05) is 13.0 Å². The van der Waals surface area contributed by atoms with E-state index >= 15 is 0 Å². The Balaban J connectivity index is 1.47. The number of hydrogen-bond acceptors (Lipinski definition) is 8. The SMILES string of the molecule is CCOc1cc(C2C3=CCC4C(=O)N(N(C)c5nc(C(F)(F)F)ccc5Cl)C(=O)C4C3CC3(Cl)C(=O)N(CBr)C(=O)C23Cl)ccc1O. The van der Waals surface area contributed by atoms with Crippen molar-refractivity contribution in [3.63, 3.8) is 0 Å². The smallest absolute Gasteiger partial charge is 0.433 e. The molecule has 4 amide bonds. The summed E-state index contributed by atoms with van der Waals surface area (Å²) in [7, 11) is 1.20. The van der Waals surface area contributed by atoms with Crippen molar-refractivity contribution < 1.29 is 42.2 Å². The van der Waals surface area contributed by atoms with Crippen molar-refractivity contribution in [3.8, 4) is 11.5 Å². The Morgan fingerprint density at radius 3 is 2.45 bits per heavy atom. The number of amides is 4. The lowest BCUT2D eigenvalue weighted by atomic mass is 9.56. The molecule has 17 heteroatoms. The monoisotopic (exact) mass is 778 g/mol. The number of benzene rings is 1. The maximum absolute atomic E-state index is 14.2. The first-order valence-corrected chi connectivity index (χ1v) is 16.6. The zero-order chi connectivity index (χ0) is 34.4. The Morgan fingerprint density at radius 1 is 1.11 bits per heavy atom. The van der Waals surface area contributed by atoms with Crippen molar-refractivity contribution in [2.24, 2.45) is 17.8 Å². The van der Waals surface area contributed by atoms with Gasteiger partial charge in [-0.3, -0.25) is 29.1 Å². The number of fused-ring (bicyclic) bond motifs is 4. The highest BCUT2D eigenvalue weighted by Gasteiger charge is 2.76. The van der Waals surface area contributed by atoms with Gasteiger partial charge in [-0.15, -0.1) is 23.2 Å². The summed E-state index contributed by atoms with van der Waals surface area (Å²) in [6.45, 7) is 1.90. The van der Waals surface area contributed by atoms with E-state index in [2.05, 4.69) is 20.9 Å². The highest BCUT2D eigenvalue weighted by atomic mass is 79.9. The van der Waals surface area contributed by atoms with Crippen LogP contribution < -0.4 is 9.75 Å². The maximum Gasteiger partial charge on any atom is 0.433 e. The van der Waals surface area contributed by atoms with E-state index < -0.39 is 74.7 Å². The molecule has 10 nitrogen and oxygen atoms in total. The molecular weight excluding hydrogens is 756 g/mol. The van der Waals surface area contributed by atoms with Crippen LogP contribution in [-0.4, -0.2) is 72.5 Å². The first-order valence-electron chi connectivity index (χ1n) is 14.3. The van der Waals surface area contributed by atoms with Crippen LogP contribution in [0.25, 0.3) is 0 Å². The van der Waals surface area contributed by atoms with Gasteiger partial charge in [0.25, 0.3) is 23.6 Å². The van der Waals surface area contributed by atoms with Gasteiger partial charge in [0.05, 0.1) is 28.9 Å². The number of ether oxygens (including phenoxy) is 1. The first-order chi connectivity index (χ1) is 22.0. The lowest BCUT2D eigenvalue weighted by Gasteiger charge is -2.50. The summed E-state index contributed by atoms with van der Waals surface area (Å²) in [6, 6.07) is 5.99. The average Bonchev–Trinajstić information content (AvgIpc) is 3.35. The first kappa shape index (κ1) is 33.8. The Morgan fingerprint density at radius 2 is 1.81 bits per heavy atom. The van der Waals surface area contributed by atoms with Crippen LogP contribution in [-0.2, 0) is 25.4 Å².